The normalized spacial score (nSPS) is 22.4. The minimum absolute atomic E-state index is 0.171. The fourth-order valence-corrected chi connectivity index (χ4v) is 3.90. The third kappa shape index (κ3) is 3.06. The first-order chi connectivity index (χ1) is 10.3. The molecular formula is C17H25FN2O. The van der Waals surface area contributed by atoms with Crippen molar-refractivity contribution in [3.63, 3.8) is 0 Å². The van der Waals surface area contributed by atoms with Crippen LogP contribution in [-0.4, -0.2) is 38.2 Å². The van der Waals surface area contributed by atoms with Gasteiger partial charge in [-0.25, -0.2) is 4.39 Å². The van der Waals surface area contributed by atoms with E-state index in [0.29, 0.717) is 11.7 Å². The molecule has 1 saturated carbocycles. The molecule has 1 N–H and O–H groups in total. The molecule has 1 aromatic rings. The molecule has 4 heteroatoms. The largest absolute Gasteiger partial charge is 0.494 e. The van der Waals surface area contributed by atoms with Gasteiger partial charge in [-0.05, 0) is 24.8 Å². The van der Waals surface area contributed by atoms with Crippen molar-refractivity contribution in [3.8, 4) is 5.75 Å². The van der Waals surface area contributed by atoms with Crippen molar-refractivity contribution in [1.29, 1.82) is 0 Å². The molecule has 0 spiro atoms. The maximum atomic E-state index is 14.8. The summed E-state index contributed by atoms with van der Waals surface area (Å²) in [6, 6.07) is 5.77. The Kier molecular flexibility index (Phi) is 4.76. The Morgan fingerprint density at radius 2 is 1.95 bits per heavy atom. The van der Waals surface area contributed by atoms with E-state index in [0.717, 1.165) is 31.7 Å². The van der Waals surface area contributed by atoms with E-state index in [1.807, 2.05) is 12.1 Å². The van der Waals surface area contributed by atoms with Crippen LogP contribution in [0.2, 0.25) is 0 Å². The Labute approximate surface area is 126 Å². The smallest absolute Gasteiger partial charge is 0.169 e. The van der Waals surface area contributed by atoms with E-state index in [4.69, 9.17) is 4.74 Å². The number of rotatable bonds is 4. The van der Waals surface area contributed by atoms with E-state index >= 15 is 0 Å². The summed E-state index contributed by atoms with van der Waals surface area (Å²) >= 11 is 0. The third-order valence-electron chi connectivity index (χ3n) is 4.92. The number of piperazine rings is 1. The zero-order valence-electron chi connectivity index (χ0n) is 12.8. The number of nitrogens with one attached hydrogen (secondary N) is 1. The van der Waals surface area contributed by atoms with Crippen molar-refractivity contribution >= 4 is 0 Å². The van der Waals surface area contributed by atoms with Gasteiger partial charge in [0.15, 0.2) is 11.6 Å². The van der Waals surface area contributed by atoms with Crippen molar-refractivity contribution in [2.24, 2.45) is 5.92 Å². The highest BCUT2D eigenvalue weighted by Crippen LogP contribution is 2.41. The van der Waals surface area contributed by atoms with Crippen LogP contribution in [-0.2, 0) is 0 Å². The predicted octanol–water partition coefficient (Wildman–Crippen LogP) is 2.97. The lowest BCUT2D eigenvalue weighted by Crippen LogP contribution is -2.46. The minimum Gasteiger partial charge on any atom is -0.494 e. The summed E-state index contributed by atoms with van der Waals surface area (Å²) in [4.78, 5) is 2.46. The maximum Gasteiger partial charge on any atom is 0.169 e. The summed E-state index contributed by atoms with van der Waals surface area (Å²) in [5.74, 6) is 0.769. The van der Waals surface area contributed by atoms with Crippen molar-refractivity contribution < 1.29 is 9.13 Å². The first kappa shape index (κ1) is 14.8. The molecule has 0 bridgehead atoms. The number of hydrogen-bond donors (Lipinski definition) is 1. The second kappa shape index (κ2) is 6.75. The van der Waals surface area contributed by atoms with E-state index in [1.165, 1.54) is 32.8 Å². The quantitative estimate of drug-likeness (QED) is 0.923. The second-order valence-electron chi connectivity index (χ2n) is 6.14. The molecule has 1 aromatic carbocycles. The molecule has 1 saturated heterocycles. The van der Waals surface area contributed by atoms with Gasteiger partial charge in [-0.3, -0.25) is 4.90 Å². The van der Waals surface area contributed by atoms with Gasteiger partial charge in [0.05, 0.1) is 7.11 Å². The highest BCUT2D eigenvalue weighted by Gasteiger charge is 2.34. The van der Waals surface area contributed by atoms with Crippen LogP contribution in [0.4, 0.5) is 4.39 Å². The van der Waals surface area contributed by atoms with E-state index in [1.54, 1.807) is 6.07 Å². The van der Waals surface area contributed by atoms with Crippen LogP contribution >= 0.6 is 0 Å². The number of halogens is 1. The number of benzene rings is 1. The van der Waals surface area contributed by atoms with E-state index in [2.05, 4.69) is 10.2 Å². The molecule has 116 valence electrons. The number of methoxy groups -OCH3 is 1. The Hall–Kier alpha value is -1.13. The molecule has 1 atom stereocenters. The van der Waals surface area contributed by atoms with Gasteiger partial charge in [0.25, 0.3) is 0 Å². The Morgan fingerprint density at radius 3 is 2.62 bits per heavy atom. The summed E-state index contributed by atoms with van der Waals surface area (Å²) in [6.07, 6.45) is 4.98. The van der Waals surface area contributed by atoms with Crippen molar-refractivity contribution in [2.75, 3.05) is 33.3 Å². The Balaban J connectivity index is 1.93. The summed E-state index contributed by atoms with van der Waals surface area (Å²) in [5, 5.41) is 3.39. The predicted molar refractivity (Wildman–Crippen MR) is 82.1 cm³/mol. The number of ether oxygens (including phenoxy) is 1. The molecule has 21 heavy (non-hydrogen) atoms. The maximum absolute atomic E-state index is 14.8. The minimum atomic E-state index is -0.171. The van der Waals surface area contributed by atoms with Crippen LogP contribution in [0.15, 0.2) is 18.2 Å². The third-order valence-corrected chi connectivity index (χ3v) is 4.92. The number of hydrogen-bond acceptors (Lipinski definition) is 3. The first-order valence-electron chi connectivity index (χ1n) is 8.08. The van der Waals surface area contributed by atoms with E-state index in [9.17, 15) is 4.39 Å². The molecule has 2 aliphatic rings. The van der Waals surface area contributed by atoms with E-state index < -0.39 is 0 Å². The van der Waals surface area contributed by atoms with E-state index in [-0.39, 0.29) is 11.9 Å². The van der Waals surface area contributed by atoms with Gasteiger partial charge in [0.1, 0.15) is 0 Å². The summed E-state index contributed by atoms with van der Waals surface area (Å²) < 4.78 is 19.9. The topological polar surface area (TPSA) is 24.5 Å². The monoisotopic (exact) mass is 292 g/mol. The second-order valence-corrected chi connectivity index (χ2v) is 6.14. The fraction of sp³-hybridized carbons (Fsp3) is 0.647. The standard InChI is InChI=1S/C17H25FN2O/c1-21-15-8-4-7-14(16(15)18)17(13-5-2-3-6-13)20-11-9-19-10-12-20/h4,7-8,13,17,19H,2-3,5-6,9-12H2,1H3/t17-/m0/s1. The summed E-state index contributed by atoms with van der Waals surface area (Å²) in [5.41, 5.74) is 0.822. The number of nitrogens with zero attached hydrogens (tertiary/aromatic N) is 1. The van der Waals surface area contributed by atoms with Crippen LogP contribution < -0.4 is 10.1 Å². The van der Waals surface area contributed by atoms with Gasteiger partial charge >= 0.3 is 0 Å². The lowest BCUT2D eigenvalue weighted by atomic mass is 9.89. The molecule has 3 nitrogen and oxygen atoms in total. The highest BCUT2D eigenvalue weighted by molar-refractivity contribution is 5.33. The van der Waals surface area contributed by atoms with Crippen LogP contribution in [0, 0.1) is 11.7 Å². The highest BCUT2D eigenvalue weighted by atomic mass is 19.1. The fourth-order valence-electron chi connectivity index (χ4n) is 3.90. The Bertz CT molecular complexity index is 468. The molecule has 1 heterocycles. The van der Waals surface area contributed by atoms with Crippen LogP contribution in [0.3, 0.4) is 0 Å². The van der Waals surface area contributed by atoms with Crippen molar-refractivity contribution in [1.82, 2.24) is 10.2 Å². The van der Waals surface area contributed by atoms with Gasteiger partial charge in [-0.2, -0.15) is 0 Å². The van der Waals surface area contributed by atoms with Gasteiger partial charge in [0, 0.05) is 37.8 Å². The average molecular weight is 292 g/mol. The zero-order valence-corrected chi connectivity index (χ0v) is 12.8. The zero-order chi connectivity index (χ0) is 14.7. The van der Waals surface area contributed by atoms with Crippen LogP contribution in [0.25, 0.3) is 0 Å². The summed E-state index contributed by atoms with van der Waals surface area (Å²) in [7, 11) is 1.54. The molecule has 0 amide bonds. The lowest BCUT2D eigenvalue weighted by molar-refractivity contribution is 0.122. The molecule has 0 aromatic heterocycles. The van der Waals surface area contributed by atoms with Crippen molar-refractivity contribution in [2.45, 2.75) is 31.7 Å². The van der Waals surface area contributed by atoms with Gasteiger partial charge in [-0.15, -0.1) is 0 Å². The molecule has 0 unspecified atom stereocenters. The molecule has 0 radical (unpaired) electrons. The van der Waals surface area contributed by atoms with Crippen LogP contribution in [0.1, 0.15) is 37.3 Å². The van der Waals surface area contributed by atoms with Gasteiger partial charge in [-0.1, -0.05) is 25.0 Å². The van der Waals surface area contributed by atoms with Crippen molar-refractivity contribution in [3.05, 3.63) is 29.6 Å². The molecule has 1 aliphatic heterocycles. The first-order valence-corrected chi connectivity index (χ1v) is 8.08. The average Bonchev–Trinajstić information content (AvgIpc) is 3.04. The van der Waals surface area contributed by atoms with Gasteiger partial charge in [0.2, 0.25) is 0 Å². The molecule has 3 rings (SSSR count). The SMILES string of the molecule is COc1cccc([C@H](C2CCCC2)N2CCNCC2)c1F. The molecule has 1 aliphatic carbocycles. The van der Waals surface area contributed by atoms with Gasteiger partial charge < -0.3 is 10.1 Å². The van der Waals surface area contributed by atoms with Crippen LogP contribution in [0.5, 0.6) is 5.75 Å². The lowest BCUT2D eigenvalue weighted by Gasteiger charge is -2.38. The molecule has 2 fully saturated rings. The molecular weight excluding hydrogens is 267 g/mol. The Morgan fingerprint density at radius 1 is 1.24 bits per heavy atom. The summed E-state index contributed by atoms with van der Waals surface area (Å²) in [6.45, 7) is 3.99.